The molecule has 1 unspecified atom stereocenters. The van der Waals surface area contributed by atoms with Gasteiger partial charge in [0.1, 0.15) is 34.4 Å². The Labute approximate surface area is 435 Å². The molecule has 4 aromatic carbocycles. The Balaban J connectivity index is 0.849. The number of nitrogens with one attached hydrogen (secondary N) is 3. The van der Waals surface area contributed by atoms with E-state index in [1.165, 1.54) is 47.8 Å². The molecule has 4 heterocycles. The molecule has 390 valence electrons. The summed E-state index contributed by atoms with van der Waals surface area (Å²) in [6.45, 7) is 11.7. The molecule has 4 N–H and O–H groups in total. The molecule has 2 saturated heterocycles. The molecular formula is C55H62ClFN8O8S. The fourth-order valence-corrected chi connectivity index (χ4v) is 12.8. The van der Waals surface area contributed by atoms with Gasteiger partial charge in [-0.2, -0.15) is 0 Å². The van der Waals surface area contributed by atoms with Crippen LogP contribution in [0.15, 0.2) is 102 Å². The van der Waals surface area contributed by atoms with Crippen LogP contribution in [0, 0.1) is 27.3 Å². The van der Waals surface area contributed by atoms with Gasteiger partial charge in [-0.05, 0) is 116 Å². The molecule has 2 saturated carbocycles. The first-order valence-electron chi connectivity index (χ1n) is 25.3. The summed E-state index contributed by atoms with van der Waals surface area (Å²) in [5, 5.41) is 26.4. The van der Waals surface area contributed by atoms with Gasteiger partial charge < -0.3 is 29.8 Å². The first-order valence-corrected chi connectivity index (χ1v) is 27.1. The van der Waals surface area contributed by atoms with E-state index in [1.54, 1.807) is 26.2 Å². The van der Waals surface area contributed by atoms with E-state index >= 15 is 0 Å². The van der Waals surface area contributed by atoms with Crippen LogP contribution < -0.4 is 24.4 Å². The normalized spacial score (nSPS) is 21.3. The summed E-state index contributed by atoms with van der Waals surface area (Å²) < 4.78 is 56.3. The number of rotatable bonds is 16. The van der Waals surface area contributed by atoms with Crippen molar-refractivity contribution >= 4 is 55.6 Å². The summed E-state index contributed by atoms with van der Waals surface area (Å²) in [5.41, 5.74) is 3.82. The van der Waals surface area contributed by atoms with Crippen molar-refractivity contribution in [3.63, 3.8) is 0 Å². The number of anilines is 2. The number of nitro benzene ring substituents is 1. The first kappa shape index (κ1) is 51.2. The molecule has 2 aromatic heterocycles. The number of carbonyl (C=O) groups excluding carboxylic acids is 1. The minimum absolute atomic E-state index is 0.0102. The number of ether oxygens (including phenoxy) is 2. The van der Waals surface area contributed by atoms with Crippen molar-refractivity contribution in [2.75, 3.05) is 56.6 Å². The van der Waals surface area contributed by atoms with Crippen LogP contribution in [0.3, 0.4) is 0 Å². The topological polar surface area (TPSA) is 195 Å². The van der Waals surface area contributed by atoms with Gasteiger partial charge in [0.15, 0.2) is 0 Å². The number of hydrogen-bond acceptors (Lipinski definition) is 13. The fraction of sp³-hybridized carbons (Fsp3) is 0.418. The van der Waals surface area contributed by atoms with Crippen molar-refractivity contribution in [3.05, 3.63) is 141 Å². The standard InChI is InChI=1S/C55H62ClFN8O8S/c1-34(2)41-7-5-6-8-42(41)49-31-62(30-36-9-13-45(56)51(21-36)72-4)19-20-64(49)38-25-55(26-38)32-63(33-55)37-10-12-43(50(22-37)73-39-23-44-46(57)29-60-52(44)59-28-39)53(66)61-74(70,71)40-11-14-47(48(24-40)65(68)69)58-27-35-15-17-54(3,67)18-16-35/h5-14,21-24,28-29,34-35,38,49,58,67H,15-20,25-27,30-33H2,1-4H3,(H,59,60)(H,61,66). The number of pyridine rings is 1. The largest absolute Gasteiger partial charge is 0.495 e. The minimum Gasteiger partial charge on any atom is -0.495 e. The minimum atomic E-state index is -4.65. The highest BCUT2D eigenvalue weighted by Crippen LogP contribution is 2.54. The molecule has 4 aliphatic rings. The van der Waals surface area contributed by atoms with Gasteiger partial charge in [0.25, 0.3) is 21.6 Å². The molecule has 0 bridgehead atoms. The molecule has 2 aliphatic heterocycles. The average Bonchev–Trinajstić information content (AvgIpc) is 3.74. The molecule has 2 aliphatic carbocycles. The van der Waals surface area contributed by atoms with E-state index in [-0.39, 0.29) is 45.5 Å². The molecule has 4 fully saturated rings. The number of aliphatic hydroxyl groups is 1. The molecule has 16 nitrogen and oxygen atoms in total. The SMILES string of the molecule is COc1cc(CN2CCN(C3CC4(C3)CN(c3ccc(C(=O)NS(=O)(=O)c5ccc(NCC6CCC(C)(O)CC6)c([N+](=O)[O-])c5)c(Oc5cnc6[nH]cc(F)c6c5)c3)C4)C(c3ccccc3C(C)C)C2)ccc1Cl. The summed E-state index contributed by atoms with van der Waals surface area (Å²) in [7, 11) is -3.01. The van der Waals surface area contributed by atoms with Crippen molar-refractivity contribution in [2.24, 2.45) is 11.3 Å². The number of amides is 1. The van der Waals surface area contributed by atoms with Crippen LogP contribution in [0.2, 0.25) is 5.02 Å². The third-order valence-corrected chi connectivity index (χ3v) is 17.3. The second-order valence-electron chi connectivity index (χ2n) is 21.3. The number of hydrogen-bond donors (Lipinski definition) is 4. The monoisotopic (exact) mass is 1050 g/mol. The maximum Gasteiger partial charge on any atom is 0.293 e. The van der Waals surface area contributed by atoms with Gasteiger partial charge in [0, 0.05) is 87.3 Å². The fourth-order valence-electron chi connectivity index (χ4n) is 11.6. The number of methoxy groups -OCH3 is 1. The lowest BCUT2D eigenvalue weighted by Gasteiger charge is -2.63. The van der Waals surface area contributed by atoms with E-state index in [2.05, 4.69) is 78.9 Å². The van der Waals surface area contributed by atoms with Crippen molar-refractivity contribution in [1.82, 2.24) is 24.5 Å². The molecule has 19 heteroatoms. The van der Waals surface area contributed by atoms with E-state index < -0.39 is 42.9 Å². The molecular weight excluding hydrogens is 987 g/mol. The van der Waals surface area contributed by atoms with E-state index in [9.17, 15) is 32.8 Å². The van der Waals surface area contributed by atoms with Gasteiger partial charge in [-0.25, -0.2) is 22.5 Å². The van der Waals surface area contributed by atoms with Crippen LogP contribution >= 0.6 is 11.6 Å². The van der Waals surface area contributed by atoms with E-state index in [0.717, 1.165) is 82.3 Å². The second-order valence-corrected chi connectivity index (χ2v) is 23.4. The molecule has 1 atom stereocenters. The van der Waals surface area contributed by atoms with Crippen LogP contribution in [-0.4, -0.2) is 102 Å². The summed E-state index contributed by atoms with van der Waals surface area (Å²) in [6.07, 6.45) is 7.31. The zero-order chi connectivity index (χ0) is 52.1. The molecule has 74 heavy (non-hydrogen) atoms. The lowest BCUT2D eigenvalue weighted by molar-refractivity contribution is -0.384. The van der Waals surface area contributed by atoms with Crippen LogP contribution in [-0.2, 0) is 16.6 Å². The number of sulfonamides is 1. The van der Waals surface area contributed by atoms with Gasteiger partial charge in [0.05, 0.1) is 44.7 Å². The number of nitrogens with zero attached hydrogens (tertiary/aromatic N) is 5. The van der Waals surface area contributed by atoms with Gasteiger partial charge in [-0.15, -0.1) is 0 Å². The maximum absolute atomic E-state index is 14.7. The average molecular weight is 1050 g/mol. The van der Waals surface area contributed by atoms with Crippen LogP contribution in [0.25, 0.3) is 11.0 Å². The number of H-pyrrole nitrogens is 1. The Hall–Kier alpha value is -6.31. The van der Waals surface area contributed by atoms with Crippen molar-refractivity contribution in [3.8, 4) is 17.2 Å². The Bertz CT molecular complexity index is 3200. The first-order chi connectivity index (χ1) is 35.4. The van der Waals surface area contributed by atoms with Gasteiger partial charge in [-0.3, -0.25) is 24.7 Å². The highest BCUT2D eigenvalue weighted by atomic mass is 35.5. The lowest BCUT2D eigenvalue weighted by Crippen LogP contribution is -2.68. The van der Waals surface area contributed by atoms with Crippen LogP contribution in [0.5, 0.6) is 17.2 Å². The summed E-state index contributed by atoms with van der Waals surface area (Å²) in [6, 6.07) is 25.2. The molecule has 0 radical (unpaired) electrons. The predicted molar refractivity (Wildman–Crippen MR) is 282 cm³/mol. The zero-order valence-electron chi connectivity index (χ0n) is 41.9. The zero-order valence-corrected chi connectivity index (χ0v) is 43.5. The number of carbonyl (C=O) groups is 1. The quantitative estimate of drug-likeness (QED) is 0.0529. The third-order valence-electron chi connectivity index (χ3n) is 15.7. The number of benzene rings is 4. The summed E-state index contributed by atoms with van der Waals surface area (Å²) in [4.78, 5) is 39.6. The lowest BCUT2D eigenvalue weighted by atomic mass is 9.59. The highest BCUT2D eigenvalue weighted by molar-refractivity contribution is 7.90. The van der Waals surface area contributed by atoms with Gasteiger partial charge >= 0.3 is 0 Å². The van der Waals surface area contributed by atoms with Gasteiger partial charge in [-0.1, -0.05) is 55.8 Å². The second kappa shape index (κ2) is 20.4. The number of piperazine rings is 1. The number of fused-ring (bicyclic) bond motifs is 1. The number of aromatic amines is 1. The third kappa shape index (κ3) is 10.6. The Kier molecular flexibility index (Phi) is 14.1. The van der Waals surface area contributed by atoms with Gasteiger partial charge in [0.2, 0.25) is 0 Å². The summed E-state index contributed by atoms with van der Waals surface area (Å²) >= 11 is 6.38. The maximum atomic E-state index is 14.7. The van der Waals surface area contributed by atoms with E-state index in [0.29, 0.717) is 47.8 Å². The number of aromatic nitrogens is 2. The van der Waals surface area contributed by atoms with Crippen molar-refractivity contribution < 1.29 is 37.1 Å². The highest BCUT2D eigenvalue weighted by Gasteiger charge is 2.55. The van der Waals surface area contributed by atoms with E-state index in [4.69, 9.17) is 21.1 Å². The number of nitro groups is 1. The summed E-state index contributed by atoms with van der Waals surface area (Å²) in [5.74, 6) is -0.240. The van der Waals surface area contributed by atoms with Crippen molar-refractivity contribution in [2.45, 2.75) is 94.3 Å². The predicted octanol–water partition coefficient (Wildman–Crippen LogP) is 10.2. The molecule has 1 spiro atoms. The molecule has 10 rings (SSSR count). The smallest absolute Gasteiger partial charge is 0.293 e. The number of halogens is 2. The Morgan fingerprint density at radius 2 is 1.80 bits per heavy atom. The molecule has 1 amide bonds. The molecule has 6 aromatic rings. The van der Waals surface area contributed by atoms with Crippen molar-refractivity contribution in [1.29, 1.82) is 0 Å². The van der Waals surface area contributed by atoms with Crippen LogP contribution in [0.1, 0.15) is 98.3 Å². The van der Waals surface area contributed by atoms with Crippen LogP contribution in [0.4, 0.5) is 21.5 Å². The van der Waals surface area contributed by atoms with E-state index in [1.807, 2.05) is 12.1 Å². The Morgan fingerprint density at radius 3 is 2.54 bits per heavy atom. The Morgan fingerprint density at radius 1 is 1.03 bits per heavy atom.